The van der Waals surface area contributed by atoms with Gasteiger partial charge < -0.3 is 30.5 Å². The molecule has 0 aromatic heterocycles. The number of carbonyl (C=O) groups excluding carboxylic acids is 3. The third kappa shape index (κ3) is 7.83. The van der Waals surface area contributed by atoms with E-state index in [2.05, 4.69) is 15.5 Å². The van der Waals surface area contributed by atoms with Gasteiger partial charge in [0, 0.05) is 35.5 Å². The second kappa shape index (κ2) is 14.4. The number of ether oxygens (including phenoxy) is 1. The number of phenolic OH excluding ortho intramolecular Hbond substituents is 1. The number of morpholine rings is 1. The molecule has 2 aliphatic rings. The van der Waals surface area contributed by atoms with Crippen molar-refractivity contribution in [3.05, 3.63) is 65.2 Å². The van der Waals surface area contributed by atoms with Crippen LogP contribution in [0.2, 0.25) is 0 Å². The van der Waals surface area contributed by atoms with Crippen LogP contribution in [-0.2, 0) is 20.7 Å². The standard InChI is InChI=1S/C31H42N4O6S/c1-21-23(11-7-12-25(21)36)28(38)33-24(19-22-9-5-4-6-10-22)26(37)30(40)35-20-42-31(2,3)27(35)29(39)32-13-8-14-34-15-17-41-18-16-34/h4-7,9-12,24,26-27,36-37H,8,13-20H2,1-3H3,(H,32,39)(H,33,38)/t24-,26-,27+/m0/s1. The third-order valence-electron chi connectivity index (χ3n) is 7.93. The highest BCUT2D eigenvalue weighted by atomic mass is 32.2. The average molecular weight is 599 g/mol. The first-order valence-electron chi connectivity index (χ1n) is 14.4. The number of rotatable bonds is 11. The second-order valence-electron chi connectivity index (χ2n) is 11.4. The highest BCUT2D eigenvalue weighted by Gasteiger charge is 2.49. The number of carbonyl (C=O) groups is 3. The summed E-state index contributed by atoms with van der Waals surface area (Å²) in [6.07, 6.45) is -0.625. The maximum atomic E-state index is 13.8. The molecule has 10 nitrogen and oxygen atoms in total. The number of nitrogens with zero attached hydrogens (tertiary/aromatic N) is 2. The molecule has 228 valence electrons. The van der Waals surface area contributed by atoms with Crippen LogP contribution in [0.4, 0.5) is 0 Å². The zero-order valence-electron chi connectivity index (χ0n) is 24.5. The molecule has 3 atom stereocenters. The van der Waals surface area contributed by atoms with Crippen LogP contribution in [0.3, 0.4) is 0 Å². The van der Waals surface area contributed by atoms with Gasteiger partial charge in [-0.2, -0.15) is 0 Å². The Labute approximate surface area is 251 Å². The molecule has 0 saturated carbocycles. The van der Waals surface area contributed by atoms with Crippen LogP contribution in [0, 0.1) is 6.92 Å². The van der Waals surface area contributed by atoms with E-state index in [9.17, 15) is 24.6 Å². The van der Waals surface area contributed by atoms with Gasteiger partial charge in [0.2, 0.25) is 5.91 Å². The lowest BCUT2D eigenvalue weighted by atomic mass is 9.96. The Hall–Kier alpha value is -3.12. The number of benzene rings is 2. The van der Waals surface area contributed by atoms with Gasteiger partial charge in [-0.15, -0.1) is 11.8 Å². The van der Waals surface area contributed by atoms with Crippen LogP contribution in [0.25, 0.3) is 0 Å². The minimum Gasteiger partial charge on any atom is -0.508 e. The number of phenols is 1. The van der Waals surface area contributed by atoms with Gasteiger partial charge >= 0.3 is 0 Å². The summed E-state index contributed by atoms with van der Waals surface area (Å²) in [5, 5.41) is 27.4. The Morgan fingerprint density at radius 2 is 1.81 bits per heavy atom. The fourth-order valence-electron chi connectivity index (χ4n) is 5.42. The number of hydrogen-bond acceptors (Lipinski definition) is 8. The van der Waals surface area contributed by atoms with Gasteiger partial charge in [-0.25, -0.2) is 0 Å². The molecule has 11 heteroatoms. The summed E-state index contributed by atoms with van der Waals surface area (Å²) in [7, 11) is 0. The van der Waals surface area contributed by atoms with Crippen molar-refractivity contribution in [1.29, 1.82) is 0 Å². The number of aliphatic hydroxyl groups excluding tert-OH is 1. The lowest BCUT2D eigenvalue weighted by Gasteiger charge is -2.33. The smallest absolute Gasteiger partial charge is 0.254 e. The first kappa shape index (κ1) is 31.8. The van der Waals surface area contributed by atoms with Crippen LogP contribution >= 0.6 is 11.8 Å². The molecule has 4 N–H and O–H groups in total. The van der Waals surface area contributed by atoms with E-state index in [-0.39, 0.29) is 29.5 Å². The van der Waals surface area contributed by atoms with Crippen molar-refractivity contribution in [2.75, 3.05) is 45.3 Å². The number of amides is 3. The highest BCUT2D eigenvalue weighted by Crippen LogP contribution is 2.40. The van der Waals surface area contributed by atoms with Crippen LogP contribution in [0.15, 0.2) is 48.5 Å². The quantitative estimate of drug-likeness (QED) is 0.289. The van der Waals surface area contributed by atoms with Gasteiger partial charge in [-0.1, -0.05) is 36.4 Å². The number of thioether (sulfide) groups is 1. The molecule has 2 saturated heterocycles. The van der Waals surface area contributed by atoms with E-state index < -0.39 is 34.7 Å². The van der Waals surface area contributed by atoms with Crippen molar-refractivity contribution in [3.63, 3.8) is 0 Å². The molecule has 4 rings (SSSR count). The van der Waals surface area contributed by atoms with E-state index in [1.807, 2.05) is 44.2 Å². The van der Waals surface area contributed by atoms with Crippen molar-refractivity contribution >= 4 is 29.5 Å². The molecule has 0 radical (unpaired) electrons. The van der Waals surface area contributed by atoms with E-state index in [1.165, 1.54) is 22.7 Å². The third-order valence-corrected chi connectivity index (χ3v) is 9.30. The summed E-state index contributed by atoms with van der Waals surface area (Å²) in [6, 6.07) is 12.2. The molecule has 2 fully saturated rings. The Morgan fingerprint density at radius 3 is 2.52 bits per heavy atom. The maximum Gasteiger partial charge on any atom is 0.254 e. The first-order valence-corrected chi connectivity index (χ1v) is 15.4. The van der Waals surface area contributed by atoms with Crippen LogP contribution < -0.4 is 10.6 Å². The summed E-state index contributed by atoms with van der Waals surface area (Å²) in [6.45, 7) is 10.0. The second-order valence-corrected chi connectivity index (χ2v) is 12.9. The van der Waals surface area contributed by atoms with Crippen LogP contribution in [0.1, 0.15) is 41.8 Å². The number of aliphatic hydroxyl groups is 1. The Balaban J connectivity index is 1.46. The van der Waals surface area contributed by atoms with Crippen molar-refractivity contribution in [2.24, 2.45) is 0 Å². The Morgan fingerprint density at radius 1 is 1.10 bits per heavy atom. The van der Waals surface area contributed by atoms with Gasteiger partial charge in [0.05, 0.1) is 25.1 Å². The largest absolute Gasteiger partial charge is 0.508 e. The van der Waals surface area contributed by atoms with E-state index in [0.717, 1.165) is 44.8 Å². The molecule has 2 aromatic carbocycles. The molecule has 2 heterocycles. The molecular formula is C31H42N4O6S. The minimum atomic E-state index is -1.60. The Kier molecular flexibility index (Phi) is 10.9. The van der Waals surface area contributed by atoms with E-state index in [0.29, 0.717) is 12.1 Å². The van der Waals surface area contributed by atoms with Crippen molar-refractivity contribution in [1.82, 2.24) is 20.4 Å². The molecule has 3 amide bonds. The lowest BCUT2D eigenvalue weighted by molar-refractivity contribution is -0.147. The Bertz CT molecular complexity index is 1240. The van der Waals surface area contributed by atoms with Crippen molar-refractivity contribution in [3.8, 4) is 5.75 Å². The summed E-state index contributed by atoms with van der Waals surface area (Å²) in [5.74, 6) is -1.16. The summed E-state index contributed by atoms with van der Waals surface area (Å²) in [4.78, 5) is 44.2. The van der Waals surface area contributed by atoms with Crippen molar-refractivity contribution < 1.29 is 29.3 Å². The molecular weight excluding hydrogens is 556 g/mol. The van der Waals surface area contributed by atoms with Crippen LogP contribution in [-0.4, -0.2) is 106 Å². The predicted octanol–water partition coefficient (Wildman–Crippen LogP) is 1.92. The molecule has 0 bridgehead atoms. The van der Waals surface area contributed by atoms with Gasteiger partial charge in [-0.3, -0.25) is 19.3 Å². The highest BCUT2D eigenvalue weighted by molar-refractivity contribution is 8.00. The fraction of sp³-hybridized carbons (Fsp3) is 0.516. The summed E-state index contributed by atoms with van der Waals surface area (Å²) < 4.78 is 4.82. The summed E-state index contributed by atoms with van der Waals surface area (Å²) in [5.41, 5.74) is 1.48. The first-order chi connectivity index (χ1) is 20.1. The normalized spacial score (nSPS) is 20.1. The summed E-state index contributed by atoms with van der Waals surface area (Å²) >= 11 is 1.48. The molecule has 2 aromatic rings. The molecule has 42 heavy (non-hydrogen) atoms. The number of hydrogen-bond donors (Lipinski definition) is 4. The molecule has 0 spiro atoms. The minimum absolute atomic E-state index is 0.0194. The van der Waals surface area contributed by atoms with Gasteiger partial charge in [0.15, 0.2) is 6.10 Å². The average Bonchev–Trinajstić information content (AvgIpc) is 3.31. The maximum absolute atomic E-state index is 13.8. The zero-order chi connectivity index (χ0) is 30.3. The zero-order valence-corrected chi connectivity index (χ0v) is 25.4. The number of nitrogens with one attached hydrogen (secondary N) is 2. The van der Waals surface area contributed by atoms with E-state index in [4.69, 9.17) is 4.74 Å². The number of aromatic hydroxyl groups is 1. The topological polar surface area (TPSA) is 131 Å². The molecule has 2 aliphatic heterocycles. The fourth-order valence-corrected chi connectivity index (χ4v) is 6.56. The van der Waals surface area contributed by atoms with E-state index in [1.54, 1.807) is 19.1 Å². The van der Waals surface area contributed by atoms with Crippen molar-refractivity contribution in [2.45, 2.75) is 56.5 Å². The SMILES string of the molecule is Cc1c(O)cccc1C(=O)N[C@@H](Cc1ccccc1)[C@H](O)C(=O)N1CSC(C)(C)[C@H]1C(=O)NCCCN1CCOCC1. The van der Waals surface area contributed by atoms with Crippen LogP contribution in [0.5, 0.6) is 5.75 Å². The molecule has 0 aliphatic carbocycles. The predicted molar refractivity (Wildman–Crippen MR) is 162 cm³/mol. The monoisotopic (exact) mass is 598 g/mol. The van der Waals surface area contributed by atoms with Gasteiger partial charge in [0.1, 0.15) is 11.8 Å². The van der Waals surface area contributed by atoms with Gasteiger partial charge in [-0.05, 0) is 57.9 Å². The van der Waals surface area contributed by atoms with Gasteiger partial charge in [0.25, 0.3) is 11.8 Å². The van der Waals surface area contributed by atoms with E-state index >= 15 is 0 Å². The lowest BCUT2D eigenvalue weighted by Crippen LogP contribution is -2.58. The molecule has 0 unspecified atom stereocenters.